The molecule has 0 N–H and O–H groups in total. The minimum Gasteiger partial charge on any atom is -0.385 e. The third kappa shape index (κ3) is 3.07. The highest BCUT2D eigenvalue weighted by atomic mass is 32.2. The smallest absolute Gasteiger partial charge is 0.318 e. The molecule has 0 heterocycles. The van der Waals surface area contributed by atoms with E-state index < -0.39 is 11.3 Å². The Bertz CT molecular complexity index is 487. The lowest BCUT2D eigenvalue weighted by Gasteiger charge is -2.17. The third-order valence-electron chi connectivity index (χ3n) is 2.25. The zero-order valence-corrected chi connectivity index (χ0v) is 10.3. The second kappa shape index (κ2) is 5.50. The Hall–Kier alpha value is -1.81. The fourth-order valence-electron chi connectivity index (χ4n) is 1.34. The van der Waals surface area contributed by atoms with E-state index in [2.05, 4.69) is 0 Å². The number of para-hydroxylation sites is 2. The van der Waals surface area contributed by atoms with E-state index in [1.165, 1.54) is 0 Å². The molecule has 0 amide bonds. The van der Waals surface area contributed by atoms with Gasteiger partial charge in [-0.25, -0.2) is 0 Å². The standard InChI is InChI=1S/C13H13NO2S/c1-14(12-8-4-2-5-9-12)17(15)16-13-10-6-3-7-11-13/h2-11H,1H3. The van der Waals surface area contributed by atoms with E-state index in [-0.39, 0.29) is 0 Å². The van der Waals surface area contributed by atoms with Crippen LogP contribution in [0, 0.1) is 0 Å². The largest absolute Gasteiger partial charge is 0.385 e. The first-order valence-electron chi connectivity index (χ1n) is 5.21. The van der Waals surface area contributed by atoms with Crippen LogP contribution in [0.4, 0.5) is 5.69 Å². The van der Waals surface area contributed by atoms with Gasteiger partial charge < -0.3 is 4.18 Å². The fourth-order valence-corrected chi connectivity index (χ4v) is 2.02. The molecule has 2 aromatic rings. The monoisotopic (exact) mass is 247 g/mol. The van der Waals surface area contributed by atoms with Crippen molar-refractivity contribution in [2.75, 3.05) is 11.4 Å². The molecule has 2 rings (SSSR count). The quantitative estimate of drug-likeness (QED) is 0.831. The molecule has 0 spiro atoms. The number of anilines is 1. The molecule has 1 unspecified atom stereocenters. The molecule has 0 aliphatic heterocycles. The highest BCUT2D eigenvalue weighted by molar-refractivity contribution is 7.82. The van der Waals surface area contributed by atoms with Crippen LogP contribution in [0.2, 0.25) is 0 Å². The van der Waals surface area contributed by atoms with Gasteiger partial charge in [-0.15, -0.1) is 0 Å². The molecule has 0 aliphatic carbocycles. The van der Waals surface area contributed by atoms with Gasteiger partial charge in [0.05, 0.1) is 5.69 Å². The van der Waals surface area contributed by atoms with Gasteiger partial charge >= 0.3 is 11.3 Å². The molecule has 0 saturated heterocycles. The second-order valence-corrected chi connectivity index (χ2v) is 4.60. The van der Waals surface area contributed by atoms with Crippen LogP contribution in [0.15, 0.2) is 60.7 Å². The van der Waals surface area contributed by atoms with Gasteiger partial charge in [-0.1, -0.05) is 36.4 Å². The topological polar surface area (TPSA) is 29.5 Å². The molecule has 3 nitrogen and oxygen atoms in total. The Labute approximate surface area is 103 Å². The summed E-state index contributed by atoms with van der Waals surface area (Å²) in [6, 6.07) is 18.6. The predicted octanol–water partition coefficient (Wildman–Crippen LogP) is 2.78. The molecule has 0 saturated carbocycles. The SMILES string of the molecule is CN(c1ccccc1)S(=O)Oc1ccccc1. The Morgan fingerprint density at radius 2 is 1.47 bits per heavy atom. The second-order valence-electron chi connectivity index (χ2n) is 3.45. The molecule has 0 fully saturated rings. The molecule has 0 aromatic heterocycles. The normalized spacial score (nSPS) is 11.8. The van der Waals surface area contributed by atoms with E-state index in [0.29, 0.717) is 5.75 Å². The summed E-state index contributed by atoms with van der Waals surface area (Å²) in [5.41, 5.74) is 0.849. The molecule has 17 heavy (non-hydrogen) atoms. The van der Waals surface area contributed by atoms with Crippen molar-refractivity contribution in [1.29, 1.82) is 0 Å². The molecule has 1 atom stereocenters. The number of hydrogen-bond donors (Lipinski definition) is 0. The van der Waals surface area contributed by atoms with Crippen LogP contribution in [0.5, 0.6) is 5.75 Å². The van der Waals surface area contributed by atoms with Gasteiger partial charge in [-0.2, -0.15) is 4.21 Å². The molecule has 2 aromatic carbocycles. The first-order valence-corrected chi connectivity index (χ1v) is 6.24. The minimum atomic E-state index is -1.53. The first kappa shape index (κ1) is 11.7. The van der Waals surface area contributed by atoms with Crippen LogP contribution in [-0.2, 0) is 11.3 Å². The van der Waals surface area contributed by atoms with Crippen LogP contribution >= 0.6 is 0 Å². The van der Waals surface area contributed by atoms with E-state index in [4.69, 9.17) is 4.18 Å². The highest BCUT2D eigenvalue weighted by Crippen LogP contribution is 2.16. The average Bonchev–Trinajstić information content (AvgIpc) is 2.40. The van der Waals surface area contributed by atoms with E-state index in [0.717, 1.165) is 5.69 Å². The number of hydrogen-bond acceptors (Lipinski definition) is 2. The van der Waals surface area contributed by atoms with Crippen molar-refractivity contribution in [2.24, 2.45) is 0 Å². The van der Waals surface area contributed by atoms with E-state index in [1.54, 1.807) is 23.5 Å². The third-order valence-corrected chi connectivity index (χ3v) is 3.25. The lowest BCUT2D eigenvalue weighted by atomic mass is 10.3. The van der Waals surface area contributed by atoms with Crippen LogP contribution in [0.25, 0.3) is 0 Å². The maximum absolute atomic E-state index is 11.9. The summed E-state index contributed by atoms with van der Waals surface area (Å²) in [7, 11) is 1.73. The summed E-state index contributed by atoms with van der Waals surface area (Å²) < 4.78 is 18.8. The van der Waals surface area contributed by atoms with Crippen molar-refractivity contribution >= 4 is 17.0 Å². The molecule has 0 radical (unpaired) electrons. The number of rotatable bonds is 4. The zero-order valence-electron chi connectivity index (χ0n) is 9.45. The van der Waals surface area contributed by atoms with Crippen LogP contribution in [-0.4, -0.2) is 11.3 Å². The molecule has 4 heteroatoms. The van der Waals surface area contributed by atoms with Gasteiger partial charge in [-0.05, 0) is 24.3 Å². The molecule has 88 valence electrons. The van der Waals surface area contributed by atoms with Crippen LogP contribution in [0.3, 0.4) is 0 Å². The summed E-state index contributed by atoms with van der Waals surface area (Å²) in [5.74, 6) is 0.591. The Morgan fingerprint density at radius 3 is 2.06 bits per heavy atom. The fraction of sp³-hybridized carbons (Fsp3) is 0.0769. The van der Waals surface area contributed by atoms with Crippen molar-refractivity contribution in [1.82, 2.24) is 0 Å². The molecular weight excluding hydrogens is 234 g/mol. The maximum Gasteiger partial charge on any atom is 0.318 e. The van der Waals surface area contributed by atoms with Crippen molar-refractivity contribution in [3.63, 3.8) is 0 Å². The average molecular weight is 247 g/mol. The molecular formula is C13H13NO2S. The Morgan fingerprint density at radius 1 is 0.941 bits per heavy atom. The molecule has 0 bridgehead atoms. The van der Waals surface area contributed by atoms with Gasteiger partial charge in [0, 0.05) is 7.05 Å². The number of nitrogens with zero attached hydrogens (tertiary/aromatic N) is 1. The highest BCUT2D eigenvalue weighted by Gasteiger charge is 2.10. The summed E-state index contributed by atoms with van der Waals surface area (Å²) in [5, 5.41) is 0. The van der Waals surface area contributed by atoms with Crippen molar-refractivity contribution in [3.05, 3.63) is 60.7 Å². The zero-order chi connectivity index (χ0) is 12.1. The van der Waals surface area contributed by atoms with Crippen molar-refractivity contribution in [3.8, 4) is 5.75 Å². The first-order chi connectivity index (χ1) is 8.27. The maximum atomic E-state index is 11.9. The summed E-state index contributed by atoms with van der Waals surface area (Å²) in [6.45, 7) is 0. The lowest BCUT2D eigenvalue weighted by molar-refractivity contribution is 0.560. The van der Waals surface area contributed by atoms with Crippen molar-refractivity contribution < 1.29 is 8.39 Å². The van der Waals surface area contributed by atoms with Gasteiger partial charge in [0.15, 0.2) is 0 Å². The molecule has 0 aliphatic rings. The summed E-state index contributed by atoms with van der Waals surface area (Å²) in [4.78, 5) is 0. The van der Waals surface area contributed by atoms with E-state index >= 15 is 0 Å². The predicted molar refractivity (Wildman–Crippen MR) is 70.1 cm³/mol. The Balaban J connectivity index is 2.06. The summed E-state index contributed by atoms with van der Waals surface area (Å²) in [6.07, 6.45) is 0. The lowest BCUT2D eigenvalue weighted by Crippen LogP contribution is -2.24. The van der Waals surface area contributed by atoms with E-state index in [1.807, 2.05) is 48.5 Å². The van der Waals surface area contributed by atoms with Crippen LogP contribution in [0.1, 0.15) is 0 Å². The van der Waals surface area contributed by atoms with Gasteiger partial charge in [0.1, 0.15) is 5.75 Å². The van der Waals surface area contributed by atoms with Gasteiger partial charge in [0.25, 0.3) is 0 Å². The number of benzene rings is 2. The van der Waals surface area contributed by atoms with Gasteiger partial charge in [0.2, 0.25) is 0 Å². The Kier molecular flexibility index (Phi) is 3.77. The minimum absolute atomic E-state index is 0.591. The van der Waals surface area contributed by atoms with Crippen molar-refractivity contribution in [2.45, 2.75) is 0 Å². The van der Waals surface area contributed by atoms with E-state index in [9.17, 15) is 4.21 Å². The van der Waals surface area contributed by atoms with Crippen LogP contribution < -0.4 is 8.49 Å². The summed E-state index contributed by atoms with van der Waals surface area (Å²) >= 11 is -1.53. The van der Waals surface area contributed by atoms with Gasteiger partial charge in [-0.3, -0.25) is 4.31 Å².